The van der Waals surface area contributed by atoms with Crippen LogP contribution in [0.5, 0.6) is 0 Å². The minimum atomic E-state index is -1.29. The highest BCUT2D eigenvalue weighted by Crippen LogP contribution is 2.82. The summed E-state index contributed by atoms with van der Waals surface area (Å²) in [5.41, 5.74) is -4.69. The third-order valence-corrected chi connectivity index (χ3v) is 11.1. The van der Waals surface area contributed by atoms with Crippen molar-refractivity contribution in [3.8, 4) is 0 Å². The fourth-order valence-corrected chi connectivity index (χ4v) is 10.9. The molecular weight excluding hydrogens is 442 g/mol. The molecule has 2 heterocycles. The molecule has 9 nitrogen and oxygen atoms in total. The number of methoxy groups -OCH3 is 2. The molecule has 0 aromatic heterocycles. The largest absolute Gasteiger partial charge is 0.459 e. The Balaban J connectivity index is 1.63. The van der Waals surface area contributed by atoms with Crippen LogP contribution in [0, 0.1) is 28.6 Å². The summed E-state index contributed by atoms with van der Waals surface area (Å²) in [4.78, 5) is 14.9. The van der Waals surface area contributed by atoms with E-state index in [0.717, 1.165) is 6.54 Å². The Labute approximate surface area is 199 Å². The molecule has 34 heavy (non-hydrogen) atoms. The van der Waals surface area contributed by atoms with Gasteiger partial charge in [0, 0.05) is 57.3 Å². The topological polar surface area (TPSA) is 107 Å². The van der Waals surface area contributed by atoms with Gasteiger partial charge in [0.2, 0.25) is 0 Å². The number of esters is 1. The SMILES string of the molecule is COC1C2CC3(O)C1C1(CC2O)OCOC12C(OC(C)=O)C1C4(C)C=CC(OC)C13C2N(C)C4. The Morgan fingerprint density at radius 1 is 1.18 bits per heavy atom. The van der Waals surface area contributed by atoms with E-state index >= 15 is 0 Å². The van der Waals surface area contributed by atoms with Crippen LogP contribution >= 0.6 is 0 Å². The number of ether oxygens (including phenoxy) is 5. The van der Waals surface area contributed by atoms with Crippen molar-refractivity contribution in [2.75, 3.05) is 34.6 Å². The summed E-state index contributed by atoms with van der Waals surface area (Å²) in [6, 6.07) is -0.345. The van der Waals surface area contributed by atoms with Gasteiger partial charge < -0.3 is 33.9 Å². The van der Waals surface area contributed by atoms with Crippen molar-refractivity contribution in [3.63, 3.8) is 0 Å². The minimum absolute atomic E-state index is 0.00704. The second kappa shape index (κ2) is 6.25. The summed E-state index contributed by atoms with van der Waals surface area (Å²) < 4.78 is 31.7. The van der Waals surface area contributed by atoms with Gasteiger partial charge in [-0.15, -0.1) is 0 Å². The van der Waals surface area contributed by atoms with Crippen molar-refractivity contribution in [1.82, 2.24) is 4.90 Å². The summed E-state index contributed by atoms with van der Waals surface area (Å²) in [5, 5.41) is 24.5. The zero-order valence-electron chi connectivity index (χ0n) is 20.4. The van der Waals surface area contributed by atoms with E-state index in [4.69, 9.17) is 23.7 Å². The van der Waals surface area contributed by atoms with Crippen LogP contribution in [0.4, 0.5) is 0 Å². The maximum absolute atomic E-state index is 13.1. The lowest BCUT2D eigenvalue weighted by atomic mass is 9.42. The number of likely N-dealkylation sites (N-methyl/N-ethyl adjacent to an activating group) is 1. The first-order valence-electron chi connectivity index (χ1n) is 12.4. The Kier molecular flexibility index (Phi) is 4.07. The first kappa shape index (κ1) is 22.2. The Morgan fingerprint density at radius 2 is 1.94 bits per heavy atom. The van der Waals surface area contributed by atoms with E-state index in [1.54, 1.807) is 14.2 Å². The summed E-state index contributed by atoms with van der Waals surface area (Å²) in [7, 11) is 5.37. The van der Waals surface area contributed by atoms with E-state index in [9.17, 15) is 15.0 Å². The molecule has 5 aliphatic carbocycles. The van der Waals surface area contributed by atoms with E-state index in [-0.39, 0.29) is 24.7 Å². The first-order chi connectivity index (χ1) is 16.1. The molecule has 7 aliphatic rings. The average Bonchev–Trinajstić information content (AvgIpc) is 3.32. The number of aliphatic hydroxyl groups excluding tert-OH is 1. The number of hydrogen-bond donors (Lipinski definition) is 2. The van der Waals surface area contributed by atoms with Crippen LogP contribution in [0.2, 0.25) is 0 Å². The molecule has 0 amide bonds. The predicted octanol–water partition coefficient (Wildman–Crippen LogP) is 0.0817. The number of hydrogen-bond acceptors (Lipinski definition) is 9. The predicted molar refractivity (Wildman–Crippen MR) is 116 cm³/mol. The van der Waals surface area contributed by atoms with Gasteiger partial charge in [0.15, 0.2) is 5.60 Å². The molecule has 0 aromatic carbocycles. The molecule has 3 spiro atoms. The second-order valence-corrected chi connectivity index (χ2v) is 12.1. The van der Waals surface area contributed by atoms with Crippen LogP contribution < -0.4 is 0 Å². The standard InChI is InChI=1S/C25H35NO8/c1-12(27)34-19-18-21(2)7-6-15(30-4)24(18)20(26(3)10-21)25(19)23(32-11-33-25)9-14(28)13-8-22(24,29)17(23)16(13)31-5/h6-7,13-20,28-29H,8-11H2,1-5H3. The zero-order valence-corrected chi connectivity index (χ0v) is 20.4. The van der Waals surface area contributed by atoms with Crippen molar-refractivity contribution >= 4 is 5.97 Å². The maximum atomic E-state index is 13.1. The van der Waals surface area contributed by atoms with E-state index in [1.165, 1.54) is 6.92 Å². The monoisotopic (exact) mass is 477 g/mol. The fraction of sp³-hybridized carbons (Fsp3) is 0.880. The summed E-state index contributed by atoms with van der Waals surface area (Å²) >= 11 is 0. The minimum Gasteiger partial charge on any atom is -0.459 e. The van der Waals surface area contributed by atoms with Gasteiger partial charge in [-0.2, -0.15) is 0 Å². The maximum Gasteiger partial charge on any atom is 0.303 e. The van der Waals surface area contributed by atoms with Gasteiger partial charge in [-0.1, -0.05) is 19.1 Å². The van der Waals surface area contributed by atoms with Crippen molar-refractivity contribution in [2.24, 2.45) is 28.6 Å². The lowest BCUT2D eigenvalue weighted by Gasteiger charge is -2.70. The molecule has 4 saturated carbocycles. The molecule has 2 saturated heterocycles. The molecular formula is C25H35NO8. The second-order valence-electron chi connectivity index (χ2n) is 12.1. The number of nitrogens with zero attached hydrogens (tertiary/aromatic N) is 1. The van der Waals surface area contributed by atoms with Gasteiger partial charge in [-0.05, 0) is 13.5 Å². The summed E-state index contributed by atoms with van der Waals surface area (Å²) in [6.07, 6.45) is 2.68. The highest BCUT2D eigenvalue weighted by atomic mass is 16.7. The number of carbonyl (C=O) groups excluding carboxylic acids is 1. The number of likely N-dealkylation sites (tertiary alicyclic amines) is 1. The van der Waals surface area contributed by atoms with Crippen LogP contribution in [-0.4, -0.2) is 103 Å². The number of aliphatic hydroxyl groups is 2. The summed E-state index contributed by atoms with van der Waals surface area (Å²) in [5.74, 6) is -1.34. The van der Waals surface area contributed by atoms with Crippen molar-refractivity contribution < 1.29 is 38.7 Å². The fourth-order valence-electron chi connectivity index (χ4n) is 10.9. The Morgan fingerprint density at radius 3 is 2.62 bits per heavy atom. The summed E-state index contributed by atoms with van der Waals surface area (Å²) in [6.45, 7) is 4.33. The van der Waals surface area contributed by atoms with Crippen LogP contribution in [-0.2, 0) is 28.5 Å². The first-order valence-corrected chi connectivity index (χ1v) is 12.4. The highest BCUT2D eigenvalue weighted by molar-refractivity contribution is 5.67. The number of carbonyl (C=O) groups is 1. The van der Waals surface area contributed by atoms with Crippen LogP contribution in [0.15, 0.2) is 12.2 Å². The zero-order chi connectivity index (χ0) is 24.1. The Hall–Kier alpha value is -1.07. The van der Waals surface area contributed by atoms with E-state index in [0.29, 0.717) is 12.8 Å². The number of rotatable bonds is 3. The van der Waals surface area contributed by atoms with Gasteiger partial charge in [-0.25, -0.2) is 0 Å². The average molecular weight is 478 g/mol. The number of fused-ring (bicyclic) bond motifs is 1. The molecule has 0 aromatic rings. The van der Waals surface area contributed by atoms with Crippen LogP contribution in [0.25, 0.3) is 0 Å². The third-order valence-electron chi connectivity index (χ3n) is 11.1. The molecule has 188 valence electrons. The smallest absolute Gasteiger partial charge is 0.303 e. The van der Waals surface area contributed by atoms with Gasteiger partial charge in [0.1, 0.15) is 18.5 Å². The van der Waals surface area contributed by atoms with Crippen molar-refractivity contribution in [3.05, 3.63) is 12.2 Å². The third kappa shape index (κ3) is 1.86. The lowest BCUT2D eigenvalue weighted by Crippen LogP contribution is -2.84. The van der Waals surface area contributed by atoms with Crippen LogP contribution in [0.3, 0.4) is 0 Å². The van der Waals surface area contributed by atoms with E-state index < -0.39 is 63.9 Å². The van der Waals surface area contributed by atoms with E-state index in [2.05, 4.69) is 31.0 Å². The van der Waals surface area contributed by atoms with Crippen molar-refractivity contribution in [2.45, 2.75) is 73.9 Å². The molecule has 2 N–H and O–H groups in total. The van der Waals surface area contributed by atoms with Gasteiger partial charge >= 0.3 is 5.97 Å². The molecule has 6 fully saturated rings. The number of piperidine rings is 1. The molecule has 7 bridgehead atoms. The normalized spacial score (nSPS) is 62.6. The van der Waals surface area contributed by atoms with Gasteiger partial charge in [0.25, 0.3) is 0 Å². The van der Waals surface area contributed by atoms with Crippen LogP contribution in [0.1, 0.15) is 26.7 Å². The quantitative estimate of drug-likeness (QED) is 0.432. The molecule has 9 heteroatoms. The molecule has 2 aliphatic heterocycles. The molecule has 13 atom stereocenters. The van der Waals surface area contributed by atoms with Gasteiger partial charge in [-0.3, -0.25) is 9.69 Å². The molecule has 13 unspecified atom stereocenters. The van der Waals surface area contributed by atoms with Gasteiger partial charge in [0.05, 0.1) is 35.4 Å². The Bertz CT molecular complexity index is 990. The molecule has 0 radical (unpaired) electrons. The lowest BCUT2D eigenvalue weighted by molar-refractivity contribution is -0.315. The van der Waals surface area contributed by atoms with E-state index in [1.807, 2.05) is 0 Å². The van der Waals surface area contributed by atoms with Crippen molar-refractivity contribution in [1.29, 1.82) is 0 Å². The highest BCUT2D eigenvalue weighted by Gasteiger charge is 2.97. The molecule has 7 rings (SSSR count).